The number of hydrogen-bond acceptors (Lipinski definition) is 5. The summed E-state index contributed by atoms with van der Waals surface area (Å²) < 4.78 is 31.7. The third-order valence-corrected chi connectivity index (χ3v) is 7.51. The number of aryl methyl sites for hydroxylation is 1. The number of thioether (sulfide) groups is 1. The van der Waals surface area contributed by atoms with E-state index in [0.29, 0.717) is 23.7 Å². The number of anilines is 2. The molecule has 0 saturated carbocycles. The van der Waals surface area contributed by atoms with Crippen LogP contribution < -0.4 is 14.4 Å². The first-order valence-corrected chi connectivity index (χ1v) is 13.8. The Morgan fingerprint density at radius 2 is 1.74 bits per heavy atom. The van der Waals surface area contributed by atoms with Crippen LogP contribution in [-0.2, 0) is 20.6 Å². The van der Waals surface area contributed by atoms with E-state index in [1.807, 2.05) is 50.2 Å². The molecule has 0 bridgehead atoms. The minimum absolute atomic E-state index is 0.401. The van der Waals surface area contributed by atoms with Gasteiger partial charge < -0.3 is 10.1 Å². The second-order valence-electron chi connectivity index (χ2n) is 7.90. The monoisotopic (exact) mass is 498 g/mol. The summed E-state index contributed by atoms with van der Waals surface area (Å²) in [6.45, 7) is 5.89. The Labute approximate surface area is 206 Å². The highest BCUT2D eigenvalue weighted by molar-refractivity contribution is 7.98. The summed E-state index contributed by atoms with van der Waals surface area (Å²) in [7, 11) is -3.70. The first kappa shape index (κ1) is 25.6. The van der Waals surface area contributed by atoms with Crippen LogP contribution in [0.25, 0.3) is 0 Å². The molecule has 0 unspecified atom stereocenters. The van der Waals surface area contributed by atoms with Gasteiger partial charge in [-0.15, -0.1) is 11.8 Å². The Bertz CT molecular complexity index is 1210. The van der Waals surface area contributed by atoms with E-state index in [4.69, 9.17) is 4.74 Å². The van der Waals surface area contributed by atoms with Gasteiger partial charge in [0.25, 0.3) is 0 Å². The van der Waals surface area contributed by atoms with Crippen molar-refractivity contribution in [2.75, 3.05) is 22.5 Å². The Balaban J connectivity index is 1.72. The lowest BCUT2D eigenvalue weighted by atomic mass is 10.1. The lowest BCUT2D eigenvalue weighted by Gasteiger charge is -2.28. The number of nitrogens with zero attached hydrogens (tertiary/aromatic N) is 1. The van der Waals surface area contributed by atoms with Crippen LogP contribution in [0.4, 0.5) is 11.4 Å². The maximum atomic E-state index is 13.0. The SMILES string of the molecule is CCOc1ccc(N([C@@H](C)C(=O)Nc2ccc(CSc3ccccc3)cc2C)S(C)(=O)=O)cc1. The summed E-state index contributed by atoms with van der Waals surface area (Å²) in [6, 6.07) is 21.8. The summed E-state index contributed by atoms with van der Waals surface area (Å²) in [4.78, 5) is 14.2. The molecule has 0 saturated heterocycles. The molecule has 3 rings (SSSR count). The van der Waals surface area contributed by atoms with Crippen LogP contribution in [0.3, 0.4) is 0 Å². The van der Waals surface area contributed by atoms with Crippen molar-refractivity contribution in [3.8, 4) is 5.75 Å². The predicted octanol–water partition coefficient (Wildman–Crippen LogP) is 5.48. The number of sulfonamides is 1. The maximum absolute atomic E-state index is 13.0. The zero-order chi connectivity index (χ0) is 24.7. The number of rotatable bonds is 10. The van der Waals surface area contributed by atoms with Crippen molar-refractivity contribution in [1.82, 2.24) is 0 Å². The zero-order valence-corrected chi connectivity index (χ0v) is 21.4. The number of hydrogen-bond donors (Lipinski definition) is 1. The molecule has 0 heterocycles. The fourth-order valence-corrected chi connectivity index (χ4v) is 5.58. The highest BCUT2D eigenvalue weighted by Crippen LogP contribution is 2.27. The fourth-order valence-electron chi connectivity index (χ4n) is 3.54. The Morgan fingerprint density at radius 1 is 1.06 bits per heavy atom. The molecule has 0 spiro atoms. The molecule has 1 atom stereocenters. The van der Waals surface area contributed by atoms with Gasteiger partial charge in [-0.25, -0.2) is 8.42 Å². The van der Waals surface area contributed by atoms with Crippen LogP contribution >= 0.6 is 11.8 Å². The first-order chi connectivity index (χ1) is 16.2. The third kappa shape index (κ3) is 6.77. The largest absolute Gasteiger partial charge is 0.494 e. The molecule has 180 valence electrons. The maximum Gasteiger partial charge on any atom is 0.248 e. The molecule has 1 amide bonds. The first-order valence-electron chi connectivity index (χ1n) is 11.0. The van der Waals surface area contributed by atoms with Gasteiger partial charge in [0, 0.05) is 16.3 Å². The van der Waals surface area contributed by atoms with Crippen LogP contribution in [0, 0.1) is 6.92 Å². The van der Waals surface area contributed by atoms with Crippen molar-refractivity contribution < 1.29 is 17.9 Å². The Hall–Kier alpha value is -2.97. The molecule has 0 radical (unpaired) electrons. The van der Waals surface area contributed by atoms with E-state index in [9.17, 15) is 13.2 Å². The van der Waals surface area contributed by atoms with E-state index in [0.717, 1.165) is 27.4 Å². The van der Waals surface area contributed by atoms with Gasteiger partial charge in [0.1, 0.15) is 11.8 Å². The summed E-state index contributed by atoms with van der Waals surface area (Å²) in [5, 5.41) is 2.89. The smallest absolute Gasteiger partial charge is 0.248 e. The lowest BCUT2D eigenvalue weighted by Crippen LogP contribution is -2.45. The summed E-state index contributed by atoms with van der Waals surface area (Å²) in [5.41, 5.74) is 3.12. The van der Waals surface area contributed by atoms with Crippen LogP contribution in [0.15, 0.2) is 77.7 Å². The fraction of sp³-hybridized carbons (Fsp3) is 0.269. The summed E-state index contributed by atoms with van der Waals surface area (Å²) >= 11 is 1.75. The van der Waals surface area contributed by atoms with Crippen LogP contribution in [-0.4, -0.2) is 33.2 Å². The number of carbonyl (C=O) groups excluding carboxylic acids is 1. The second-order valence-corrected chi connectivity index (χ2v) is 10.8. The van der Waals surface area contributed by atoms with Gasteiger partial charge in [-0.2, -0.15) is 0 Å². The molecule has 34 heavy (non-hydrogen) atoms. The van der Waals surface area contributed by atoms with Gasteiger partial charge in [-0.3, -0.25) is 9.10 Å². The zero-order valence-electron chi connectivity index (χ0n) is 19.8. The molecule has 6 nitrogen and oxygen atoms in total. The van der Waals surface area contributed by atoms with Gasteiger partial charge in [0.05, 0.1) is 18.6 Å². The van der Waals surface area contributed by atoms with Crippen molar-refractivity contribution in [2.45, 2.75) is 37.5 Å². The highest BCUT2D eigenvalue weighted by Gasteiger charge is 2.29. The van der Waals surface area contributed by atoms with Crippen molar-refractivity contribution in [3.05, 3.63) is 83.9 Å². The van der Waals surface area contributed by atoms with E-state index < -0.39 is 22.0 Å². The normalized spacial score (nSPS) is 12.1. The van der Waals surface area contributed by atoms with Gasteiger partial charge in [-0.1, -0.05) is 30.3 Å². The number of ether oxygens (including phenoxy) is 1. The number of nitrogens with one attached hydrogen (secondary N) is 1. The highest BCUT2D eigenvalue weighted by atomic mass is 32.2. The quantitative estimate of drug-likeness (QED) is 0.375. The third-order valence-electron chi connectivity index (χ3n) is 5.19. The van der Waals surface area contributed by atoms with Gasteiger partial charge >= 0.3 is 0 Å². The van der Waals surface area contributed by atoms with E-state index in [-0.39, 0.29) is 0 Å². The number of carbonyl (C=O) groups is 1. The van der Waals surface area contributed by atoms with Crippen molar-refractivity contribution in [2.24, 2.45) is 0 Å². The molecule has 8 heteroatoms. The molecule has 0 fully saturated rings. The molecule has 0 aliphatic carbocycles. The minimum atomic E-state index is -3.70. The van der Waals surface area contributed by atoms with Crippen molar-refractivity contribution >= 4 is 39.1 Å². The Kier molecular flexibility index (Phi) is 8.63. The molecule has 0 aliphatic rings. The molecular formula is C26H30N2O4S2. The van der Waals surface area contributed by atoms with E-state index in [1.54, 1.807) is 43.0 Å². The molecule has 3 aromatic carbocycles. The molecule has 1 N–H and O–H groups in total. The van der Waals surface area contributed by atoms with Gasteiger partial charge in [0.15, 0.2) is 0 Å². The summed E-state index contributed by atoms with van der Waals surface area (Å²) in [6.07, 6.45) is 1.09. The van der Waals surface area contributed by atoms with E-state index >= 15 is 0 Å². The number of benzene rings is 3. The summed E-state index contributed by atoms with van der Waals surface area (Å²) in [5.74, 6) is 1.04. The standard InChI is InChI=1S/C26H30N2O4S2/c1-5-32-23-14-12-22(13-15-23)28(34(4,30)31)20(3)26(29)27-25-16-11-21(17-19(25)2)18-33-24-9-7-6-8-10-24/h6-17,20H,5,18H2,1-4H3,(H,27,29)/t20-/m0/s1. The molecule has 0 aromatic heterocycles. The van der Waals surface area contributed by atoms with E-state index in [2.05, 4.69) is 17.4 Å². The molecule has 0 aliphatic heterocycles. The van der Waals surface area contributed by atoms with Gasteiger partial charge in [-0.05, 0) is 74.4 Å². The van der Waals surface area contributed by atoms with Gasteiger partial charge in [0.2, 0.25) is 15.9 Å². The molecular weight excluding hydrogens is 468 g/mol. The van der Waals surface area contributed by atoms with Crippen LogP contribution in [0.1, 0.15) is 25.0 Å². The lowest BCUT2D eigenvalue weighted by molar-refractivity contribution is -0.116. The minimum Gasteiger partial charge on any atom is -0.494 e. The van der Waals surface area contributed by atoms with Crippen molar-refractivity contribution in [3.63, 3.8) is 0 Å². The Morgan fingerprint density at radius 3 is 2.32 bits per heavy atom. The van der Waals surface area contributed by atoms with E-state index in [1.165, 1.54) is 4.90 Å². The van der Waals surface area contributed by atoms with Crippen molar-refractivity contribution in [1.29, 1.82) is 0 Å². The average Bonchev–Trinajstić information content (AvgIpc) is 2.80. The molecule has 3 aromatic rings. The predicted molar refractivity (Wildman–Crippen MR) is 140 cm³/mol. The number of amides is 1. The second kappa shape index (κ2) is 11.4. The van der Waals surface area contributed by atoms with Crippen LogP contribution in [0.5, 0.6) is 5.75 Å². The topological polar surface area (TPSA) is 75.7 Å². The van der Waals surface area contributed by atoms with Crippen LogP contribution in [0.2, 0.25) is 0 Å². The average molecular weight is 499 g/mol.